The molecule has 134 valence electrons. The highest BCUT2D eigenvalue weighted by molar-refractivity contribution is 8.00. The average Bonchev–Trinajstić information content (AvgIpc) is 2.62. The first-order valence-corrected chi connectivity index (χ1v) is 11.4. The van der Waals surface area contributed by atoms with Gasteiger partial charge in [-0.05, 0) is 23.3 Å². The van der Waals surface area contributed by atoms with Gasteiger partial charge in [0.05, 0.1) is 9.93 Å². The van der Waals surface area contributed by atoms with Crippen LogP contribution in [0.15, 0.2) is 84.9 Å². The van der Waals surface area contributed by atoms with Gasteiger partial charge in [-0.1, -0.05) is 72.8 Å². The molecule has 0 aliphatic heterocycles. The topological polar surface area (TPSA) is 20.3 Å². The second kappa shape index (κ2) is 8.33. The molecule has 3 heteroatoms. The van der Waals surface area contributed by atoms with Crippen molar-refractivity contribution in [3.05, 3.63) is 102 Å². The van der Waals surface area contributed by atoms with Crippen molar-refractivity contribution < 1.29 is 4.21 Å². The van der Waals surface area contributed by atoms with E-state index in [-0.39, 0.29) is 0 Å². The van der Waals surface area contributed by atoms with E-state index in [1.807, 2.05) is 24.6 Å². The van der Waals surface area contributed by atoms with Crippen LogP contribution in [-0.4, -0.2) is 12.5 Å². The number of nitrogens with zero attached hydrogens (tertiary/aromatic N) is 1. The lowest BCUT2D eigenvalue weighted by molar-refractivity contribution is 0.590. The van der Waals surface area contributed by atoms with E-state index in [1.54, 1.807) is 0 Å². The van der Waals surface area contributed by atoms with Gasteiger partial charge < -0.3 is 4.90 Å². The molecule has 0 aliphatic rings. The summed E-state index contributed by atoms with van der Waals surface area (Å²) < 4.78 is 12.0. The minimum Gasteiger partial charge on any atom is -0.363 e. The molecule has 0 aromatic heterocycles. The van der Waals surface area contributed by atoms with E-state index < -0.39 is 9.93 Å². The van der Waals surface area contributed by atoms with E-state index in [1.165, 1.54) is 16.8 Å². The van der Waals surface area contributed by atoms with Gasteiger partial charge >= 0.3 is 0 Å². The Morgan fingerprint density at radius 2 is 1.12 bits per heavy atom. The van der Waals surface area contributed by atoms with Crippen LogP contribution in [0.1, 0.15) is 16.7 Å². The molecule has 0 spiro atoms. The number of benzene rings is 3. The predicted octanol–water partition coefficient (Wildman–Crippen LogP) is 5.15. The summed E-state index contributed by atoms with van der Waals surface area (Å²) in [6.45, 7) is 1.71. The van der Waals surface area contributed by atoms with Crippen LogP contribution >= 0.6 is 0 Å². The fraction of sp³-hybridized carbons (Fsp3) is 0.217. The summed E-state index contributed by atoms with van der Waals surface area (Å²) in [6, 6.07) is 29.6. The first-order chi connectivity index (χ1) is 12.5. The molecule has 0 N–H and O–H groups in total. The maximum Gasteiger partial charge on any atom is 0.136 e. The van der Waals surface area contributed by atoms with Crippen molar-refractivity contribution in [2.75, 3.05) is 17.4 Å². The zero-order chi connectivity index (χ0) is 18.4. The molecule has 0 amide bonds. The molecule has 0 saturated carbocycles. The summed E-state index contributed by atoms with van der Waals surface area (Å²) in [5.74, 6) is 0.630. The van der Waals surface area contributed by atoms with E-state index in [0.717, 1.165) is 18.7 Å². The summed E-state index contributed by atoms with van der Waals surface area (Å²) in [7, 11) is -1.77. The normalized spacial score (nSPS) is 11.3. The zero-order valence-corrected chi connectivity index (χ0v) is 16.3. The van der Waals surface area contributed by atoms with Crippen LogP contribution in [0, 0.1) is 0 Å². The Labute approximate surface area is 157 Å². The lowest BCUT2D eigenvalue weighted by Gasteiger charge is -2.25. The summed E-state index contributed by atoms with van der Waals surface area (Å²) in [4.78, 5) is 2.38. The molecule has 3 aromatic rings. The highest BCUT2D eigenvalue weighted by Crippen LogP contribution is 2.22. The van der Waals surface area contributed by atoms with Crippen LogP contribution in [0.5, 0.6) is 0 Å². The number of rotatable bonds is 7. The third kappa shape index (κ3) is 5.57. The van der Waals surface area contributed by atoms with Crippen molar-refractivity contribution in [1.29, 1.82) is 0 Å². The Hall–Kier alpha value is -2.39. The van der Waals surface area contributed by atoms with Gasteiger partial charge in [-0.25, -0.2) is 0 Å². The Morgan fingerprint density at radius 1 is 0.654 bits per heavy atom. The molecule has 0 unspecified atom stereocenters. The predicted molar refractivity (Wildman–Crippen MR) is 113 cm³/mol. The van der Waals surface area contributed by atoms with Crippen molar-refractivity contribution in [2.45, 2.75) is 18.8 Å². The maximum absolute atomic E-state index is 12.0. The smallest absolute Gasteiger partial charge is 0.136 e. The molecule has 3 rings (SSSR count). The van der Waals surface area contributed by atoms with Gasteiger partial charge in [0.1, 0.15) is 18.3 Å². The van der Waals surface area contributed by atoms with Crippen LogP contribution in [0.3, 0.4) is 0 Å². The Bertz CT molecular complexity index is 812. The molecule has 0 atom stereocenters. The lowest BCUT2D eigenvalue weighted by Crippen LogP contribution is -2.22. The molecular weight excluding hydrogens is 338 g/mol. The minimum absolute atomic E-state index is 0.630. The van der Waals surface area contributed by atoms with Gasteiger partial charge in [0.2, 0.25) is 0 Å². The monoisotopic (exact) mass is 364 g/mol. The molecule has 26 heavy (non-hydrogen) atoms. The number of anilines is 1. The Kier molecular flexibility index (Phi) is 5.89. The maximum atomic E-state index is 12.0. The van der Waals surface area contributed by atoms with E-state index in [9.17, 15) is 4.21 Å². The minimum atomic E-state index is -1.77. The second-order valence-electron chi connectivity index (χ2n) is 7.07. The van der Waals surface area contributed by atoms with E-state index >= 15 is 0 Å². The number of hydrogen-bond acceptors (Lipinski definition) is 2. The SMILES string of the molecule is C[S+](C)(=O)Cc1ccc(N(Cc2ccccc2)Cc2ccccc2)cc1. The fourth-order valence-corrected chi connectivity index (χ4v) is 4.05. The molecular formula is C23H26NOS+. The summed E-state index contributed by atoms with van der Waals surface area (Å²) in [5, 5.41) is 0. The molecule has 3 aromatic carbocycles. The van der Waals surface area contributed by atoms with Gasteiger partial charge in [-0.3, -0.25) is 0 Å². The first kappa shape index (κ1) is 18.4. The average molecular weight is 365 g/mol. The van der Waals surface area contributed by atoms with Crippen LogP contribution in [0.2, 0.25) is 0 Å². The molecule has 0 fully saturated rings. The van der Waals surface area contributed by atoms with E-state index in [2.05, 4.69) is 77.7 Å². The third-order valence-corrected chi connectivity index (χ3v) is 5.28. The van der Waals surface area contributed by atoms with Crippen LogP contribution in [-0.2, 0) is 33.0 Å². The van der Waals surface area contributed by atoms with Gasteiger partial charge in [0.25, 0.3) is 0 Å². The summed E-state index contributed by atoms with van der Waals surface area (Å²) in [5.41, 5.74) is 4.89. The molecule has 0 bridgehead atoms. The summed E-state index contributed by atoms with van der Waals surface area (Å²) in [6.07, 6.45) is 3.63. The molecule has 0 saturated heterocycles. The second-order valence-corrected chi connectivity index (χ2v) is 10.2. The number of hydrogen-bond donors (Lipinski definition) is 0. The van der Waals surface area contributed by atoms with Crippen molar-refractivity contribution >= 4 is 15.6 Å². The molecule has 0 heterocycles. The molecule has 2 nitrogen and oxygen atoms in total. The van der Waals surface area contributed by atoms with Gasteiger partial charge in [0.15, 0.2) is 0 Å². The quantitative estimate of drug-likeness (QED) is 0.540. The van der Waals surface area contributed by atoms with Crippen molar-refractivity contribution in [3.63, 3.8) is 0 Å². The van der Waals surface area contributed by atoms with Crippen molar-refractivity contribution in [3.8, 4) is 0 Å². The fourth-order valence-electron chi connectivity index (χ4n) is 3.05. The lowest BCUT2D eigenvalue weighted by atomic mass is 10.1. The van der Waals surface area contributed by atoms with Gasteiger partial charge in [-0.2, -0.15) is 0 Å². The van der Waals surface area contributed by atoms with Gasteiger partial charge in [0, 0.05) is 24.3 Å². The highest BCUT2D eigenvalue weighted by Gasteiger charge is 2.14. The van der Waals surface area contributed by atoms with Crippen molar-refractivity contribution in [2.24, 2.45) is 0 Å². The molecule has 0 radical (unpaired) electrons. The Balaban J connectivity index is 1.83. The van der Waals surface area contributed by atoms with Crippen LogP contribution in [0.25, 0.3) is 0 Å². The standard InChI is InChI=1S/C23H26NOS/c1-26(2,25)19-22-13-15-23(16-14-22)24(17-20-9-5-3-6-10-20)18-21-11-7-4-8-12-21/h3-16H,17-19H2,1-2H3/q+1. The van der Waals surface area contributed by atoms with Crippen molar-refractivity contribution in [1.82, 2.24) is 0 Å². The summed E-state index contributed by atoms with van der Waals surface area (Å²) >= 11 is 0. The van der Waals surface area contributed by atoms with Gasteiger partial charge in [-0.15, -0.1) is 4.21 Å². The zero-order valence-electron chi connectivity index (χ0n) is 15.5. The van der Waals surface area contributed by atoms with E-state index in [4.69, 9.17) is 0 Å². The third-order valence-electron chi connectivity index (χ3n) is 4.25. The largest absolute Gasteiger partial charge is 0.363 e. The highest BCUT2D eigenvalue weighted by atomic mass is 32.2. The Morgan fingerprint density at radius 3 is 1.54 bits per heavy atom. The van der Waals surface area contributed by atoms with E-state index in [0.29, 0.717) is 5.75 Å². The molecule has 0 aliphatic carbocycles. The van der Waals surface area contributed by atoms with Crippen LogP contribution < -0.4 is 4.90 Å². The first-order valence-electron chi connectivity index (χ1n) is 8.83. The van der Waals surface area contributed by atoms with Crippen LogP contribution in [0.4, 0.5) is 5.69 Å².